The number of benzene rings is 2. The first-order valence-corrected chi connectivity index (χ1v) is 8.66. The minimum Gasteiger partial charge on any atom is -0.479 e. The Morgan fingerprint density at radius 1 is 1.14 bits per heavy atom. The van der Waals surface area contributed by atoms with Gasteiger partial charge in [-0.05, 0) is 6.42 Å². The number of aliphatic carboxylic acids is 1. The van der Waals surface area contributed by atoms with Crippen molar-refractivity contribution in [1.82, 2.24) is 20.7 Å². The number of carboxylic acids is 1. The number of nitrogens with one attached hydrogen (secondary N) is 2. The molecule has 0 fully saturated rings. The molecule has 0 aliphatic heterocycles. The first kappa shape index (κ1) is 22.4. The molecule has 0 aliphatic carbocycles. The van der Waals surface area contributed by atoms with Gasteiger partial charge < -0.3 is 15.5 Å². The van der Waals surface area contributed by atoms with E-state index < -0.39 is 24.0 Å². The Hall–Kier alpha value is -2.86. The first-order chi connectivity index (χ1) is 13.5. The topological polar surface area (TPSA) is 128 Å². The van der Waals surface area contributed by atoms with E-state index in [0.29, 0.717) is 6.42 Å². The summed E-state index contributed by atoms with van der Waals surface area (Å²) in [5, 5.41) is 31.0. The zero-order valence-corrected chi connectivity index (χ0v) is 18.0. The van der Waals surface area contributed by atoms with Crippen molar-refractivity contribution in [1.29, 1.82) is 0 Å². The zero-order chi connectivity index (χ0) is 19.9. The molecule has 1 aromatic heterocycles. The summed E-state index contributed by atoms with van der Waals surface area (Å²) in [7, 11) is 0. The van der Waals surface area contributed by atoms with Crippen molar-refractivity contribution in [3.05, 3.63) is 72.1 Å². The van der Waals surface area contributed by atoms with Crippen LogP contribution in [-0.4, -0.2) is 49.6 Å². The molecule has 1 amide bonds. The van der Waals surface area contributed by atoms with Gasteiger partial charge >= 0.3 is 5.97 Å². The summed E-state index contributed by atoms with van der Waals surface area (Å²) < 4.78 is 0. The minimum atomic E-state index is -1.59. The van der Waals surface area contributed by atoms with Crippen LogP contribution in [0.2, 0.25) is 0 Å². The van der Waals surface area contributed by atoms with Crippen LogP contribution in [0.25, 0.3) is 11.1 Å². The van der Waals surface area contributed by atoms with E-state index in [-0.39, 0.29) is 32.5 Å². The Labute approximate surface area is 181 Å². The normalized spacial score (nSPS) is 12.4. The van der Waals surface area contributed by atoms with Crippen molar-refractivity contribution >= 4 is 11.9 Å². The van der Waals surface area contributed by atoms with E-state index >= 15 is 0 Å². The molecular weight excluding hydrogens is 546 g/mol. The number of hydrogen-bond donors (Lipinski definition) is 4. The van der Waals surface area contributed by atoms with Crippen LogP contribution >= 0.6 is 0 Å². The molecule has 0 spiro atoms. The second-order valence-corrected chi connectivity index (χ2v) is 6.29. The molecule has 1 heterocycles. The molecule has 4 N–H and O–H groups in total. The Balaban J connectivity index is 0.00000300. The van der Waals surface area contributed by atoms with Gasteiger partial charge in [0.2, 0.25) is 0 Å². The van der Waals surface area contributed by atoms with Gasteiger partial charge in [0, 0.05) is 32.9 Å². The third-order valence-corrected chi connectivity index (χ3v) is 4.23. The van der Waals surface area contributed by atoms with Gasteiger partial charge in [0.1, 0.15) is 0 Å². The van der Waals surface area contributed by atoms with Crippen LogP contribution in [0.1, 0.15) is 22.5 Å². The second-order valence-electron chi connectivity index (χ2n) is 6.29. The van der Waals surface area contributed by atoms with E-state index in [4.69, 9.17) is 5.11 Å². The van der Waals surface area contributed by atoms with Crippen molar-refractivity contribution < 1.29 is 40.2 Å². The van der Waals surface area contributed by atoms with Crippen LogP contribution in [0.3, 0.4) is 0 Å². The van der Waals surface area contributed by atoms with Crippen molar-refractivity contribution in [2.24, 2.45) is 0 Å². The van der Waals surface area contributed by atoms with E-state index in [2.05, 4.69) is 26.8 Å². The van der Waals surface area contributed by atoms with Crippen LogP contribution in [0.4, 0.5) is 0 Å². The molecule has 2 unspecified atom stereocenters. The Bertz CT molecular complexity index is 917. The predicted molar refractivity (Wildman–Crippen MR) is 100 cm³/mol. The van der Waals surface area contributed by atoms with Gasteiger partial charge in [-0.25, -0.2) is 4.79 Å². The number of hydrogen-bond acceptors (Lipinski definition) is 5. The summed E-state index contributed by atoms with van der Waals surface area (Å²) in [6.07, 6.45) is -0.164. The van der Waals surface area contributed by atoms with Crippen LogP contribution in [0.5, 0.6) is 0 Å². The first-order valence-electron chi connectivity index (χ1n) is 8.66. The number of amides is 1. The van der Waals surface area contributed by atoms with Crippen LogP contribution in [0, 0.1) is 6.07 Å². The summed E-state index contributed by atoms with van der Waals surface area (Å²) in [4.78, 5) is 23.2. The molecule has 0 aliphatic rings. The van der Waals surface area contributed by atoms with E-state index in [0.717, 1.165) is 16.7 Å². The number of rotatable bonds is 8. The van der Waals surface area contributed by atoms with Crippen LogP contribution in [-0.2, 0) is 31.6 Å². The number of aromatic amines is 1. The van der Waals surface area contributed by atoms with Gasteiger partial charge in [0.05, 0.1) is 6.20 Å². The molecule has 0 saturated heterocycles. The minimum absolute atomic E-state index is 0. The van der Waals surface area contributed by atoms with Gasteiger partial charge in [-0.3, -0.25) is 4.79 Å². The molecule has 3 rings (SSSR count). The van der Waals surface area contributed by atoms with Crippen LogP contribution in [0.15, 0.2) is 54.7 Å². The molecule has 0 saturated carbocycles. The van der Waals surface area contributed by atoms with Gasteiger partial charge in [0.15, 0.2) is 11.8 Å². The Morgan fingerprint density at radius 3 is 2.48 bits per heavy atom. The van der Waals surface area contributed by atoms with E-state index in [1.165, 1.54) is 6.20 Å². The molecule has 0 bridgehead atoms. The third kappa shape index (κ3) is 6.32. The number of aliphatic hydroxyl groups excluding tert-OH is 1. The Morgan fingerprint density at radius 2 is 1.90 bits per heavy atom. The van der Waals surface area contributed by atoms with Crippen molar-refractivity contribution in [2.45, 2.75) is 25.0 Å². The maximum Gasteiger partial charge on any atom is 0.332 e. The number of carboxylic acid groups (broad SMARTS) is 1. The fraction of sp³-hybridized carbons (Fsp3) is 0.200. The van der Waals surface area contributed by atoms with Gasteiger partial charge in [0.25, 0.3) is 5.91 Å². The zero-order valence-electron chi connectivity index (χ0n) is 15.2. The van der Waals surface area contributed by atoms with E-state index in [9.17, 15) is 14.7 Å². The molecule has 1 radical (unpaired) electrons. The molecule has 2 atom stereocenters. The number of carbonyl (C=O) groups is 2. The number of H-pyrrole nitrogens is 1. The molecule has 8 nitrogen and oxygen atoms in total. The van der Waals surface area contributed by atoms with Gasteiger partial charge in [-0.15, -0.1) is 5.56 Å². The fourth-order valence-electron chi connectivity index (χ4n) is 2.79. The summed E-state index contributed by atoms with van der Waals surface area (Å²) in [6, 6.07) is 18.0. The summed E-state index contributed by atoms with van der Waals surface area (Å²) in [6.45, 7) is 0. The standard InChI is InChI=1S/C20H19N4O4.Re/c25-18(20(27)28)11-16(22-19(26)17-12-21-24-23-17)10-13-6-8-15(9-7-13)14-4-2-1-3-5-14;/h1-6,8-9,12,16,18,25H,10-11H2,(H,22,26)(H,27,28)(H,21,23,24);/q-1;. The summed E-state index contributed by atoms with van der Waals surface area (Å²) >= 11 is 0. The van der Waals surface area contributed by atoms with Crippen LogP contribution < -0.4 is 5.32 Å². The van der Waals surface area contributed by atoms with E-state index in [1.54, 1.807) is 0 Å². The third-order valence-electron chi connectivity index (χ3n) is 4.23. The van der Waals surface area contributed by atoms with Crippen molar-refractivity contribution in [3.8, 4) is 11.1 Å². The Kier molecular flexibility index (Phi) is 8.22. The molecular formula is C20H19N4O4Re-. The molecule has 29 heavy (non-hydrogen) atoms. The number of nitrogens with zero attached hydrogens (tertiary/aromatic N) is 2. The SMILES string of the molecule is O=C(NC(Cc1[c-]cc(-c2ccccc2)cc1)CC(O)C(=O)O)c1cn[nH]n1.[Re]. The molecule has 151 valence electrons. The average molecular weight is 566 g/mol. The van der Waals surface area contributed by atoms with Crippen molar-refractivity contribution in [3.63, 3.8) is 0 Å². The fourth-order valence-corrected chi connectivity index (χ4v) is 2.79. The number of carbonyl (C=O) groups excluding carboxylic acids is 1. The molecule has 3 aromatic rings. The quantitative estimate of drug-likeness (QED) is 0.306. The van der Waals surface area contributed by atoms with Crippen molar-refractivity contribution in [2.75, 3.05) is 0 Å². The monoisotopic (exact) mass is 566 g/mol. The number of aliphatic hydroxyl groups is 1. The summed E-state index contributed by atoms with van der Waals surface area (Å²) in [5.41, 5.74) is 2.92. The van der Waals surface area contributed by atoms with Gasteiger partial charge in [-0.2, -0.15) is 45.2 Å². The molecule has 9 heteroatoms. The predicted octanol–water partition coefficient (Wildman–Crippen LogP) is 1.45. The number of aromatic nitrogens is 3. The largest absolute Gasteiger partial charge is 0.479 e. The molecule has 2 aromatic carbocycles. The van der Waals surface area contributed by atoms with E-state index in [1.807, 2.05) is 48.5 Å². The maximum absolute atomic E-state index is 12.2. The summed E-state index contributed by atoms with van der Waals surface area (Å²) in [5.74, 6) is -1.85. The second kappa shape index (κ2) is 10.6. The van der Waals surface area contributed by atoms with Gasteiger partial charge in [-0.1, -0.05) is 35.9 Å². The maximum atomic E-state index is 12.2. The average Bonchev–Trinajstić information content (AvgIpc) is 3.24. The smallest absolute Gasteiger partial charge is 0.332 e.